The molecule has 23 heavy (non-hydrogen) atoms. The first-order valence-corrected chi connectivity index (χ1v) is 8.28. The van der Waals surface area contributed by atoms with Gasteiger partial charge >= 0.3 is 5.97 Å². The Morgan fingerprint density at radius 1 is 1.09 bits per heavy atom. The number of carbonyl (C=O) groups excluding carboxylic acids is 2. The van der Waals surface area contributed by atoms with Crippen LogP contribution in [0.3, 0.4) is 0 Å². The molecular weight excluding hydrogens is 310 g/mol. The summed E-state index contributed by atoms with van der Waals surface area (Å²) in [4.78, 5) is 24.8. The minimum Gasteiger partial charge on any atom is -0.452 e. The van der Waals surface area contributed by atoms with E-state index in [1.807, 2.05) is 49.4 Å². The molecule has 0 aromatic heterocycles. The summed E-state index contributed by atoms with van der Waals surface area (Å²) in [7, 11) is 0. The molecular formula is C18H19NO3S. The van der Waals surface area contributed by atoms with E-state index in [0.717, 1.165) is 4.90 Å². The number of hydrogen-bond donors (Lipinski definition) is 1. The Bertz CT molecular complexity index is 656. The summed E-state index contributed by atoms with van der Waals surface area (Å²) in [5, 5.41) is 2.70. The van der Waals surface area contributed by atoms with E-state index >= 15 is 0 Å². The molecule has 1 unspecified atom stereocenters. The van der Waals surface area contributed by atoms with Gasteiger partial charge in [-0.25, -0.2) is 0 Å². The maximum Gasteiger partial charge on any atom is 0.317 e. The highest BCUT2D eigenvalue weighted by Crippen LogP contribution is 2.18. The normalized spacial score (nSPS) is 11.6. The highest BCUT2D eigenvalue weighted by molar-refractivity contribution is 8.00. The van der Waals surface area contributed by atoms with E-state index < -0.39 is 12.1 Å². The fraction of sp³-hybridized carbons (Fsp3) is 0.222. The van der Waals surface area contributed by atoms with E-state index in [-0.39, 0.29) is 11.7 Å². The molecule has 0 spiro atoms. The van der Waals surface area contributed by atoms with Crippen molar-refractivity contribution in [3.05, 3.63) is 60.2 Å². The minimum atomic E-state index is -0.832. The third kappa shape index (κ3) is 5.79. The Balaban J connectivity index is 1.77. The molecule has 0 fully saturated rings. The number of thioether (sulfide) groups is 1. The Labute approximate surface area is 140 Å². The van der Waals surface area contributed by atoms with Crippen LogP contribution in [-0.4, -0.2) is 23.7 Å². The topological polar surface area (TPSA) is 55.4 Å². The van der Waals surface area contributed by atoms with Crippen LogP contribution < -0.4 is 5.32 Å². The zero-order chi connectivity index (χ0) is 16.7. The van der Waals surface area contributed by atoms with E-state index in [1.165, 1.54) is 17.3 Å². The van der Waals surface area contributed by atoms with Crippen LogP contribution in [0.2, 0.25) is 0 Å². The lowest BCUT2D eigenvalue weighted by molar-refractivity contribution is -0.150. The van der Waals surface area contributed by atoms with Crippen LogP contribution >= 0.6 is 11.8 Å². The SMILES string of the molecule is Cc1ccc(SCC(=O)OC(C)C(=O)Nc2ccccc2)cc1. The highest BCUT2D eigenvalue weighted by atomic mass is 32.2. The van der Waals surface area contributed by atoms with Crippen LogP contribution in [-0.2, 0) is 14.3 Å². The molecule has 2 aromatic carbocycles. The van der Waals surface area contributed by atoms with Gasteiger partial charge in [0.05, 0.1) is 5.75 Å². The van der Waals surface area contributed by atoms with Gasteiger partial charge in [0, 0.05) is 10.6 Å². The number of esters is 1. The predicted octanol–water partition coefficient (Wildman–Crippen LogP) is 3.66. The van der Waals surface area contributed by atoms with E-state index in [1.54, 1.807) is 19.1 Å². The van der Waals surface area contributed by atoms with Crippen molar-refractivity contribution in [3.63, 3.8) is 0 Å². The van der Waals surface area contributed by atoms with Crippen molar-refractivity contribution in [3.8, 4) is 0 Å². The molecule has 1 N–H and O–H groups in total. The van der Waals surface area contributed by atoms with Gasteiger partial charge in [-0.05, 0) is 38.1 Å². The highest BCUT2D eigenvalue weighted by Gasteiger charge is 2.17. The van der Waals surface area contributed by atoms with Crippen molar-refractivity contribution in [2.75, 3.05) is 11.1 Å². The Morgan fingerprint density at radius 2 is 1.74 bits per heavy atom. The molecule has 0 aliphatic carbocycles. The van der Waals surface area contributed by atoms with Crippen LogP contribution in [0.4, 0.5) is 5.69 Å². The van der Waals surface area contributed by atoms with Crippen molar-refractivity contribution >= 4 is 29.3 Å². The largest absolute Gasteiger partial charge is 0.452 e. The number of hydrogen-bond acceptors (Lipinski definition) is 4. The first-order chi connectivity index (χ1) is 11.0. The lowest BCUT2D eigenvalue weighted by atomic mass is 10.2. The Kier molecular flexibility index (Phi) is 6.23. The number of nitrogens with one attached hydrogen (secondary N) is 1. The molecule has 5 heteroatoms. The van der Waals surface area contributed by atoms with Gasteiger partial charge < -0.3 is 10.1 Å². The molecule has 2 rings (SSSR count). The van der Waals surface area contributed by atoms with E-state index in [4.69, 9.17) is 4.74 Å². The molecule has 120 valence electrons. The van der Waals surface area contributed by atoms with Gasteiger partial charge in [-0.1, -0.05) is 35.9 Å². The summed E-state index contributed by atoms with van der Waals surface area (Å²) >= 11 is 1.39. The smallest absolute Gasteiger partial charge is 0.317 e. The van der Waals surface area contributed by atoms with E-state index in [0.29, 0.717) is 5.69 Å². The standard InChI is InChI=1S/C18H19NO3S/c1-13-8-10-16(11-9-13)23-12-17(20)22-14(2)18(21)19-15-6-4-3-5-7-15/h3-11,14H,12H2,1-2H3,(H,19,21). The molecule has 1 atom stereocenters. The van der Waals surface area contributed by atoms with E-state index in [9.17, 15) is 9.59 Å². The molecule has 0 aliphatic heterocycles. The Morgan fingerprint density at radius 3 is 2.39 bits per heavy atom. The fourth-order valence-electron chi connectivity index (χ4n) is 1.83. The number of carbonyl (C=O) groups is 2. The molecule has 2 aromatic rings. The van der Waals surface area contributed by atoms with Gasteiger partial charge in [0.1, 0.15) is 0 Å². The average molecular weight is 329 g/mol. The van der Waals surface area contributed by atoms with Crippen molar-refractivity contribution in [2.24, 2.45) is 0 Å². The Hall–Kier alpha value is -2.27. The molecule has 1 amide bonds. The first-order valence-electron chi connectivity index (χ1n) is 7.29. The minimum absolute atomic E-state index is 0.173. The predicted molar refractivity (Wildman–Crippen MR) is 92.5 cm³/mol. The maximum atomic E-state index is 12.0. The van der Waals surface area contributed by atoms with E-state index in [2.05, 4.69) is 5.32 Å². The lowest BCUT2D eigenvalue weighted by Crippen LogP contribution is -2.30. The van der Waals surface area contributed by atoms with Gasteiger partial charge in [-0.3, -0.25) is 9.59 Å². The lowest BCUT2D eigenvalue weighted by Gasteiger charge is -2.13. The summed E-state index contributed by atoms with van der Waals surface area (Å²) in [5.74, 6) is -0.581. The third-order valence-corrected chi connectivity index (χ3v) is 4.08. The van der Waals surface area contributed by atoms with Crippen LogP contribution in [0.15, 0.2) is 59.5 Å². The molecule has 4 nitrogen and oxygen atoms in total. The number of ether oxygens (including phenoxy) is 1. The van der Waals surface area contributed by atoms with Gasteiger partial charge in [-0.15, -0.1) is 11.8 Å². The molecule has 0 radical (unpaired) electrons. The number of anilines is 1. The number of benzene rings is 2. The molecule has 0 heterocycles. The van der Waals surface area contributed by atoms with Gasteiger partial charge in [0.15, 0.2) is 6.10 Å². The van der Waals surface area contributed by atoms with Crippen LogP contribution in [0.5, 0.6) is 0 Å². The second-order valence-corrected chi connectivity index (χ2v) is 6.14. The second kappa shape index (κ2) is 8.39. The molecule has 0 aliphatic rings. The van der Waals surface area contributed by atoms with Crippen molar-refractivity contribution in [1.29, 1.82) is 0 Å². The average Bonchev–Trinajstić information content (AvgIpc) is 2.55. The van der Waals surface area contributed by atoms with Crippen molar-refractivity contribution in [1.82, 2.24) is 0 Å². The van der Waals surface area contributed by atoms with Gasteiger partial charge in [0.2, 0.25) is 0 Å². The number of rotatable bonds is 6. The fourth-order valence-corrected chi connectivity index (χ4v) is 2.51. The third-order valence-electron chi connectivity index (χ3n) is 3.10. The van der Waals surface area contributed by atoms with Crippen molar-refractivity contribution in [2.45, 2.75) is 24.8 Å². The zero-order valence-corrected chi connectivity index (χ0v) is 13.9. The summed E-state index contributed by atoms with van der Waals surface area (Å²) in [5.41, 5.74) is 1.84. The summed E-state index contributed by atoms with van der Waals surface area (Å²) in [6, 6.07) is 17.0. The van der Waals surface area contributed by atoms with Crippen LogP contribution in [0.25, 0.3) is 0 Å². The number of aryl methyl sites for hydroxylation is 1. The number of para-hydroxylation sites is 1. The number of amides is 1. The summed E-state index contributed by atoms with van der Waals surface area (Å²) < 4.78 is 5.16. The van der Waals surface area contributed by atoms with Gasteiger partial charge in [0.25, 0.3) is 5.91 Å². The second-order valence-electron chi connectivity index (χ2n) is 5.09. The molecule has 0 saturated carbocycles. The first kappa shape index (κ1) is 17.1. The quantitative estimate of drug-likeness (QED) is 0.649. The molecule has 0 saturated heterocycles. The van der Waals surface area contributed by atoms with Gasteiger partial charge in [-0.2, -0.15) is 0 Å². The van der Waals surface area contributed by atoms with Crippen molar-refractivity contribution < 1.29 is 14.3 Å². The molecule has 0 bridgehead atoms. The zero-order valence-electron chi connectivity index (χ0n) is 13.1. The maximum absolute atomic E-state index is 12.0. The monoisotopic (exact) mass is 329 g/mol. The van der Waals surface area contributed by atoms with Crippen LogP contribution in [0, 0.1) is 6.92 Å². The summed E-state index contributed by atoms with van der Waals surface area (Å²) in [6.45, 7) is 3.57. The summed E-state index contributed by atoms with van der Waals surface area (Å²) in [6.07, 6.45) is -0.832. The van der Waals surface area contributed by atoms with Crippen LogP contribution in [0.1, 0.15) is 12.5 Å².